The molecule has 1 aromatic heterocycles. The van der Waals surface area contributed by atoms with E-state index in [4.69, 9.17) is 4.74 Å². The first-order chi connectivity index (χ1) is 12.0. The smallest absolute Gasteiger partial charge is 0.224 e. The summed E-state index contributed by atoms with van der Waals surface area (Å²) < 4.78 is 5.12. The fraction of sp³-hybridized carbons (Fsp3) is 0.300. The maximum absolute atomic E-state index is 12.1. The van der Waals surface area contributed by atoms with Gasteiger partial charge in [0.25, 0.3) is 0 Å². The first-order valence-electron chi connectivity index (χ1n) is 8.43. The second-order valence-electron chi connectivity index (χ2n) is 6.43. The lowest BCUT2D eigenvalue weighted by molar-refractivity contribution is -0.120. The van der Waals surface area contributed by atoms with E-state index >= 15 is 0 Å². The average Bonchev–Trinajstić information content (AvgIpc) is 3.04. The van der Waals surface area contributed by atoms with Crippen LogP contribution in [0.4, 0.5) is 0 Å². The van der Waals surface area contributed by atoms with Gasteiger partial charge in [-0.2, -0.15) is 0 Å². The number of rotatable bonds is 6. The lowest BCUT2D eigenvalue weighted by atomic mass is 10.1. The lowest BCUT2D eigenvalue weighted by Crippen LogP contribution is -2.24. The Morgan fingerprint density at radius 2 is 1.88 bits per heavy atom. The van der Waals surface area contributed by atoms with Gasteiger partial charge in [0.2, 0.25) is 5.91 Å². The molecule has 1 heterocycles. The molecule has 0 unspecified atom stereocenters. The van der Waals surface area contributed by atoms with E-state index in [1.165, 1.54) is 0 Å². The minimum atomic E-state index is -0.00209. The van der Waals surface area contributed by atoms with Crippen molar-refractivity contribution in [2.75, 3.05) is 7.11 Å². The third-order valence-electron chi connectivity index (χ3n) is 4.12. The lowest BCUT2D eigenvalue weighted by Gasteiger charge is -2.06. The van der Waals surface area contributed by atoms with Gasteiger partial charge in [-0.1, -0.05) is 32.0 Å². The van der Waals surface area contributed by atoms with Gasteiger partial charge < -0.3 is 15.0 Å². The van der Waals surface area contributed by atoms with E-state index in [0.29, 0.717) is 18.9 Å². The number of benzene rings is 2. The molecule has 3 aromatic rings. The van der Waals surface area contributed by atoms with Gasteiger partial charge in [0.1, 0.15) is 11.6 Å². The molecule has 1 amide bonds. The summed E-state index contributed by atoms with van der Waals surface area (Å²) in [4.78, 5) is 20.0. The highest BCUT2D eigenvalue weighted by molar-refractivity contribution is 5.79. The number of hydrogen-bond donors (Lipinski definition) is 2. The molecule has 0 aliphatic heterocycles. The normalized spacial score (nSPS) is 11.0. The molecule has 2 aromatic carbocycles. The van der Waals surface area contributed by atoms with Crippen LogP contribution in [0.1, 0.15) is 36.7 Å². The zero-order valence-corrected chi connectivity index (χ0v) is 14.8. The Hall–Kier alpha value is -2.82. The van der Waals surface area contributed by atoms with Gasteiger partial charge in [0, 0.05) is 12.5 Å². The molecular formula is C20H23N3O2. The van der Waals surface area contributed by atoms with Crippen molar-refractivity contribution in [2.24, 2.45) is 0 Å². The number of nitrogens with one attached hydrogen (secondary N) is 2. The van der Waals surface area contributed by atoms with Crippen LogP contribution in [-0.4, -0.2) is 23.0 Å². The quantitative estimate of drug-likeness (QED) is 0.723. The summed E-state index contributed by atoms with van der Waals surface area (Å²) in [5, 5.41) is 2.97. The van der Waals surface area contributed by atoms with Gasteiger partial charge in [0.15, 0.2) is 0 Å². The van der Waals surface area contributed by atoms with E-state index in [2.05, 4.69) is 29.1 Å². The molecule has 2 N–H and O–H groups in total. The second kappa shape index (κ2) is 7.38. The first-order valence-corrected chi connectivity index (χ1v) is 8.43. The van der Waals surface area contributed by atoms with E-state index in [-0.39, 0.29) is 5.91 Å². The minimum absolute atomic E-state index is 0.00209. The number of methoxy groups -OCH3 is 1. The molecule has 0 bridgehead atoms. The topological polar surface area (TPSA) is 67.0 Å². The molecular weight excluding hydrogens is 314 g/mol. The Balaban J connectivity index is 1.60. The largest absolute Gasteiger partial charge is 0.497 e. The van der Waals surface area contributed by atoms with Gasteiger partial charge in [-0.15, -0.1) is 0 Å². The summed E-state index contributed by atoms with van der Waals surface area (Å²) in [5.74, 6) is 2.13. The monoisotopic (exact) mass is 337 g/mol. The Morgan fingerprint density at radius 1 is 1.16 bits per heavy atom. The van der Waals surface area contributed by atoms with E-state index in [1.54, 1.807) is 7.11 Å². The molecule has 0 saturated heterocycles. The maximum Gasteiger partial charge on any atom is 0.224 e. The van der Waals surface area contributed by atoms with Crippen LogP contribution in [0.2, 0.25) is 0 Å². The zero-order valence-electron chi connectivity index (χ0n) is 14.8. The highest BCUT2D eigenvalue weighted by atomic mass is 16.5. The number of carbonyl (C=O) groups excluding carboxylic acids is 1. The van der Waals surface area contributed by atoms with E-state index in [1.807, 2.05) is 42.5 Å². The third kappa shape index (κ3) is 4.18. The molecule has 0 radical (unpaired) electrons. The summed E-state index contributed by atoms with van der Waals surface area (Å²) in [6, 6.07) is 13.6. The number of amides is 1. The number of fused-ring (bicyclic) bond motifs is 1. The number of carbonyl (C=O) groups is 1. The minimum Gasteiger partial charge on any atom is -0.497 e. The number of ether oxygens (including phenoxy) is 1. The van der Waals surface area contributed by atoms with Crippen molar-refractivity contribution in [3.8, 4) is 5.75 Å². The van der Waals surface area contributed by atoms with Crippen LogP contribution >= 0.6 is 0 Å². The van der Waals surface area contributed by atoms with Crippen molar-refractivity contribution in [3.63, 3.8) is 0 Å². The molecule has 0 fully saturated rings. The van der Waals surface area contributed by atoms with Crippen molar-refractivity contribution in [1.82, 2.24) is 15.3 Å². The molecule has 3 rings (SSSR count). The van der Waals surface area contributed by atoms with Crippen LogP contribution in [-0.2, 0) is 17.8 Å². The number of hydrogen-bond acceptors (Lipinski definition) is 3. The van der Waals surface area contributed by atoms with E-state index < -0.39 is 0 Å². The van der Waals surface area contributed by atoms with E-state index in [9.17, 15) is 4.79 Å². The summed E-state index contributed by atoms with van der Waals surface area (Å²) >= 11 is 0. The predicted octanol–water partition coefficient (Wildman–Crippen LogP) is 3.55. The molecule has 0 spiro atoms. The first kappa shape index (κ1) is 17.0. The number of H-pyrrole nitrogens is 1. The summed E-state index contributed by atoms with van der Waals surface area (Å²) in [7, 11) is 1.63. The van der Waals surface area contributed by atoms with Crippen molar-refractivity contribution < 1.29 is 9.53 Å². The summed E-state index contributed by atoms with van der Waals surface area (Å²) in [5.41, 5.74) is 3.97. The van der Waals surface area contributed by atoms with Gasteiger partial charge >= 0.3 is 0 Å². The van der Waals surface area contributed by atoms with E-state index in [0.717, 1.165) is 33.7 Å². The third-order valence-corrected chi connectivity index (χ3v) is 4.12. The Labute approximate surface area is 147 Å². The van der Waals surface area contributed by atoms with Gasteiger partial charge in [-0.25, -0.2) is 4.98 Å². The Morgan fingerprint density at radius 3 is 2.56 bits per heavy atom. The fourth-order valence-corrected chi connectivity index (χ4v) is 2.65. The molecule has 0 aliphatic carbocycles. The van der Waals surface area contributed by atoms with Crippen molar-refractivity contribution in [3.05, 3.63) is 59.4 Å². The standard InChI is InChI=1S/C20H23N3O2/c1-13(2)20-22-17-9-6-15(10-18(17)23-20)12-21-19(24)11-14-4-7-16(25-3)8-5-14/h4-10,13H,11-12H2,1-3H3,(H,21,24)(H,22,23). The number of aromatic nitrogens is 2. The molecule has 130 valence electrons. The van der Waals surface area contributed by atoms with Crippen LogP contribution < -0.4 is 10.1 Å². The Kier molecular flexibility index (Phi) is 5.03. The Bertz CT molecular complexity index is 866. The second-order valence-corrected chi connectivity index (χ2v) is 6.43. The van der Waals surface area contributed by atoms with Crippen molar-refractivity contribution in [1.29, 1.82) is 0 Å². The number of nitrogens with zero attached hydrogens (tertiary/aromatic N) is 1. The van der Waals surface area contributed by atoms with Crippen molar-refractivity contribution >= 4 is 16.9 Å². The van der Waals surface area contributed by atoms with Gasteiger partial charge in [-0.3, -0.25) is 4.79 Å². The zero-order chi connectivity index (χ0) is 17.8. The van der Waals surface area contributed by atoms with Crippen LogP contribution in [0, 0.1) is 0 Å². The summed E-state index contributed by atoms with van der Waals surface area (Å²) in [6.45, 7) is 4.72. The fourth-order valence-electron chi connectivity index (χ4n) is 2.65. The summed E-state index contributed by atoms with van der Waals surface area (Å²) in [6.07, 6.45) is 0.355. The molecule has 0 saturated carbocycles. The molecule has 0 atom stereocenters. The molecule has 5 heteroatoms. The average molecular weight is 337 g/mol. The predicted molar refractivity (Wildman–Crippen MR) is 98.7 cm³/mol. The van der Waals surface area contributed by atoms with Gasteiger partial charge in [-0.05, 0) is 35.4 Å². The molecule has 25 heavy (non-hydrogen) atoms. The number of aromatic amines is 1. The van der Waals surface area contributed by atoms with Crippen LogP contribution in [0.3, 0.4) is 0 Å². The SMILES string of the molecule is COc1ccc(CC(=O)NCc2ccc3nc(C(C)C)[nH]c3c2)cc1. The molecule has 5 nitrogen and oxygen atoms in total. The maximum atomic E-state index is 12.1. The van der Waals surface area contributed by atoms with Crippen molar-refractivity contribution in [2.45, 2.75) is 32.7 Å². The van der Waals surface area contributed by atoms with Gasteiger partial charge in [0.05, 0.1) is 24.6 Å². The van der Waals surface area contributed by atoms with Crippen LogP contribution in [0.5, 0.6) is 5.75 Å². The van der Waals surface area contributed by atoms with Crippen LogP contribution in [0.25, 0.3) is 11.0 Å². The highest BCUT2D eigenvalue weighted by Crippen LogP contribution is 2.18. The highest BCUT2D eigenvalue weighted by Gasteiger charge is 2.08. The number of imidazole rings is 1. The molecule has 0 aliphatic rings. The van der Waals surface area contributed by atoms with Crippen LogP contribution in [0.15, 0.2) is 42.5 Å².